The molecule has 0 heterocycles. The van der Waals surface area contributed by atoms with Crippen molar-refractivity contribution < 1.29 is 47.8 Å². The van der Waals surface area contributed by atoms with E-state index in [0.29, 0.717) is 12.8 Å². The van der Waals surface area contributed by atoms with Crippen LogP contribution >= 0.6 is 7.82 Å². The lowest BCUT2D eigenvalue weighted by Gasteiger charge is -2.18. The number of carboxylic acids is 1. The number of esters is 1. The summed E-state index contributed by atoms with van der Waals surface area (Å²) in [5, 5.41) is 21.6. The van der Waals surface area contributed by atoms with Gasteiger partial charge >= 0.3 is 19.8 Å². The van der Waals surface area contributed by atoms with Crippen molar-refractivity contribution in [2.24, 2.45) is 0 Å². The molecule has 4 N–H and O–H groups in total. The van der Waals surface area contributed by atoms with E-state index in [0.717, 1.165) is 70.6 Å². The summed E-state index contributed by atoms with van der Waals surface area (Å²) in [5.41, 5.74) is 0. The van der Waals surface area contributed by atoms with Crippen molar-refractivity contribution in [2.45, 2.75) is 148 Å². The Bertz CT molecular complexity index is 880. The lowest BCUT2D eigenvalue weighted by molar-refractivity contribution is -0.147. The van der Waals surface area contributed by atoms with Crippen LogP contribution in [0.2, 0.25) is 0 Å². The van der Waals surface area contributed by atoms with Crippen LogP contribution in [0, 0.1) is 0 Å². The number of phosphoric acid groups is 1. The molecule has 0 aliphatic rings. The summed E-state index contributed by atoms with van der Waals surface area (Å²) < 4.78 is 26.5. The molecule has 0 saturated carbocycles. The second-order valence-corrected chi connectivity index (χ2v) is 12.8. The molecule has 1 amide bonds. The van der Waals surface area contributed by atoms with Crippen LogP contribution in [0.25, 0.3) is 0 Å². The number of ether oxygens (including phenoxy) is 1. The Balaban J connectivity index is 4.06. The van der Waals surface area contributed by atoms with Gasteiger partial charge in [0.05, 0.1) is 13.2 Å². The largest absolute Gasteiger partial charge is 0.480 e. The van der Waals surface area contributed by atoms with Gasteiger partial charge in [0, 0.05) is 12.8 Å². The van der Waals surface area contributed by atoms with Gasteiger partial charge in [-0.15, -0.1) is 0 Å². The first kappa shape index (κ1) is 43.0. The number of carboxylic acid groups (broad SMARTS) is 1. The Morgan fingerprint density at radius 3 is 1.89 bits per heavy atom. The number of hydrogen-bond donors (Lipinski definition) is 4. The van der Waals surface area contributed by atoms with E-state index in [1.54, 1.807) is 0 Å². The summed E-state index contributed by atoms with van der Waals surface area (Å²) >= 11 is 0. The van der Waals surface area contributed by atoms with Gasteiger partial charge in [0.1, 0.15) is 12.7 Å². The number of hydrogen-bond acceptors (Lipinski definition) is 8. The molecular weight excluding hydrogens is 601 g/mol. The van der Waals surface area contributed by atoms with E-state index in [1.165, 1.54) is 25.7 Å². The Hall–Kier alpha value is -2.04. The number of aliphatic carboxylic acids is 1. The SMILES string of the molecule is CCC/C=C\C/C=C\CCCCCCCC(=O)NC(COP(=O)(O)OCC(O)COC(=O)CCCCCCCCCC)C(=O)O. The normalized spacial score (nSPS) is 14.4. The average molecular weight is 662 g/mol. The number of rotatable bonds is 31. The fraction of sp³-hybridized carbons (Fsp3) is 0.788. The van der Waals surface area contributed by atoms with Crippen LogP contribution in [0.1, 0.15) is 136 Å². The van der Waals surface area contributed by atoms with E-state index < -0.39 is 57.6 Å². The van der Waals surface area contributed by atoms with Gasteiger partial charge in [-0.25, -0.2) is 9.36 Å². The number of phosphoric ester groups is 1. The maximum atomic E-state index is 12.2. The molecule has 0 aromatic carbocycles. The summed E-state index contributed by atoms with van der Waals surface area (Å²) in [7, 11) is -4.74. The van der Waals surface area contributed by atoms with E-state index in [2.05, 4.69) is 43.5 Å². The Labute approximate surface area is 270 Å². The highest BCUT2D eigenvalue weighted by Crippen LogP contribution is 2.43. The molecule has 262 valence electrons. The van der Waals surface area contributed by atoms with Crippen molar-refractivity contribution in [1.82, 2.24) is 5.32 Å². The molecule has 0 aromatic heterocycles. The quantitative estimate of drug-likeness (QED) is 0.0259. The minimum atomic E-state index is -4.74. The van der Waals surface area contributed by atoms with Gasteiger partial charge in [0.2, 0.25) is 5.91 Å². The molecule has 0 spiro atoms. The molecule has 0 aliphatic heterocycles. The van der Waals surface area contributed by atoms with Gasteiger partial charge in [-0.3, -0.25) is 18.6 Å². The molecule has 0 rings (SSSR count). The summed E-state index contributed by atoms with van der Waals surface area (Å²) in [4.78, 5) is 45.4. The second-order valence-electron chi connectivity index (χ2n) is 11.4. The van der Waals surface area contributed by atoms with E-state index >= 15 is 0 Å². The molecule has 0 aromatic rings. The maximum absolute atomic E-state index is 12.2. The van der Waals surface area contributed by atoms with Gasteiger partial charge in [-0.05, 0) is 38.5 Å². The van der Waals surface area contributed by atoms with Crippen molar-refractivity contribution in [2.75, 3.05) is 19.8 Å². The van der Waals surface area contributed by atoms with Gasteiger partial charge < -0.3 is 25.2 Å². The molecule has 11 nitrogen and oxygen atoms in total. The zero-order chi connectivity index (χ0) is 33.6. The van der Waals surface area contributed by atoms with Crippen LogP contribution in [-0.2, 0) is 32.7 Å². The highest BCUT2D eigenvalue weighted by atomic mass is 31.2. The first-order valence-electron chi connectivity index (χ1n) is 16.9. The fourth-order valence-electron chi connectivity index (χ4n) is 4.29. The predicted molar refractivity (Wildman–Crippen MR) is 176 cm³/mol. The monoisotopic (exact) mass is 661 g/mol. The molecule has 3 unspecified atom stereocenters. The molecule has 0 fully saturated rings. The third-order valence-corrected chi connectivity index (χ3v) is 7.93. The third-order valence-electron chi connectivity index (χ3n) is 6.97. The van der Waals surface area contributed by atoms with Crippen LogP contribution in [0.15, 0.2) is 24.3 Å². The highest BCUT2D eigenvalue weighted by molar-refractivity contribution is 7.47. The fourth-order valence-corrected chi connectivity index (χ4v) is 5.06. The summed E-state index contributed by atoms with van der Waals surface area (Å²) in [6.07, 6.45) is 25.2. The first-order valence-corrected chi connectivity index (χ1v) is 18.4. The lowest BCUT2D eigenvalue weighted by atomic mass is 10.1. The molecule has 12 heteroatoms. The van der Waals surface area contributed by atoms with Crippen molar-refractivity contribution in [3.05, 3.63) is 24.3 Å². The van der Waals surface area contributed by atoms with Crippen LogP contribution < -0.4 is 5.32 Å². The van der Waals surface area contributed by atoms with Gasteiger partial charge in [0.15, 0.2) is 6.04 Å². The van der Waals surface area contributed by atoms with E-state index in [4.69, 9.17) is 13.8 Å². The molecule has 0 radical (unpaired) electrons. The minimum Gasteiger partial charge on any atom is -0.480 e. The highest BCUT2D eigenvalue weighted by Gasteiger charge is 2.28. The van der Waals surface area contributed by atoms with Crippen molar-refractivity contribution in [3.8, 4) is 0 Å². The molecule has 3 atom stereocenters. The zero-order valence-corrected chi connectivity index (χ0v) is 28.6. The van der Waals surface area contributed by atoms with Gasteiger partial charge in [-0.1, -0.05) is 109 Å². The number of allylic oxidation sites excluding steroid dienone is 4. The van der Waals surface area contributed by atoms with Crippen molar-refractivity contribution in [3.63, 3.8) is 0 Å². The molecule has 0 saturated heterocycles. The van der Waals surface area contributed by atoms with Crippen LogP contribution in [0.3, 0.4) is 0 Å². The number of amides is 1. The van der Waals surface area contributed by atoms with E-state index in [-0.39, 0.29) is 12.8 Å². The standard InChI is InChI=1S/C33H60NO10P/c1-3-5-7-9-11-13-14-15-16-17-18-20-22-24-31(36)34-30(33(38)39)28-44-45(40,41)43-27-29(35)26-42-32(37)25-23-21-19-12-10-8-6-4-2/h7,9,13-14,29-30,35H,3-6,8,10-12,15-28H2,1-2H3,(H,34,36)(H,38,39)(H,40,41)/b9-7-,14-13-. The van der Waals surface area contributed by atoms with Gasteiger partial charge in [-0.2, -0.15) is 0 Å². The Morgan fingerprint density at radius 2 is 1.27 bits per heavy atom. The average Bonchev–Trinajstić information content (AvgIpc) is 3.00. The second kappa shape index (κ2) is 29.4. The zero-order valence-electron chi connectivity index (χ0n) is 27.7. The number of carbonyl (C=O) groups excluding carboxylic acids is 2. The number of unbranched alkanes of at least 4 members (excludes halogenated alkanes) is 13. The molecule has 0 bridgehead atoms. The Kier molecular flexibility index (Phi) is 28.0. The maximum Gasteiger partial charge on any atom is 0.472 e. The molecule has 0 aliphatic carbocycles. The summed E-state index contributed by atoms with van der Waals surface area (Å²) in [6.45, 7) is 2.43. The number of aliphatic hydroxyl groups excluding tert-OH is 1. The first-order chi connectivity index (χ1) is 21.6. The number of aliphatic hydroxyl groups is 1. The minimum absolute atomic E-state index is 0.130. The summed E-state index contributed by atoms with van der Waals surface area (Å²) in [6, 6.07) is -1.55. The van der Waals surface area contributed by atoms with Crippen molar-refractivity contribution >= 4 is 25.7 Å². The predicted octanol–water partition coefficient (Wildman–Crippen LogP) is 7.16. The van der Waals surface area contributed by atoms with Gasteiger partial charge in [0.25, 0.3) is 0 Å². The van der Waals surface area contributed by atoms with Crippen molar-refractivity contribution in [1.29, 1.82) is 0 Å². The smallest absolute Gasteiger partial charge is 0.472 e. The van der Waals surface area contributed by atoms with Crippen LogP contribution in [-0.4, -0.2) is 64.9 Å². The topological polar surface area (TPSA) is 169 Å². The summed E-state index contributed by atoms with van der Waals surface area (Å²) in [5.74, 6) is -2.40. The molecule has 45 heavy (non-hydrogen) atoms. The third kappa shape index (κ3) is 29.1. The number of carbonyl (C=O) groups is 3. The van der Waals surface area contributed by atoms with Crippen LogP contribution in [0.4, 0.5) is 0 Å². The van der Waals surface area contributed by atoms with E-state index in [1.807, 2.05) is 0 Å². The lowest BCUT2D eigenvalue weighted by Crippen LogP contribution is -2.43. The van der Waals surface area contributed by atoms with Crippen LogP contribution in [0.5, 0.6) is 0 Å². The number of nitrogens with one attached hydrogen (secondary N) is 1. The van der Waals surface area contributed by atoms with E-state index in [9.17, 15) is 34.1 Å². The molecular formula is C33H60NO10P. The Morgan fingerprint density at radius 1 is 0.711 bits per heavy atom.